The second-order valence-corrected chi connectivity index (χ2v) is 4.80. The fourth-order valence-electron chi connectivity index (χ4n) is 2.10. The number of carbonyl (C=O) groups is 1. The van der Waals surface area contributed by atoms with Gasteiger partial charge in [-0.15, -0.1) is 10.2 Å². The normalized spacial score (nSPS) is 10.7. The molecule has 0 bridgehead atoms. The maximum atomic E-state index is 12.0. The van der Waals surface area contributed by atoms with E-state index in [-0.39, 0.29) is 11.7 Å². The SMILES string of the molecule is O=C(Nc1cccc(-c2nnc(-c3ccco3)o2)c1)c1ccno1. The molecule has 0 spiro atoms. The third-order valence-electron chi connectivity index (χ3n) is 3.19. The highest BCUT2D eigenvalue weighted by Gasteiger charge is 2.14. The van der Waals surface area contributed by atoms with Crippen molar-refractivity contribution in [1.82, 2.24) is 15.4 Å². The quantitative estimate of drug-likeness (QED) is 0.614. The molecule has 0 aliphatic carbocycles. The largest absolute Gasteiger partial charge is 0.459 e. The minimum absolute atomic E-state index is 0.123. The summed E-state index contributed by atoms with van der Waals surface area (Å²) in [5.74, 6) is 0.816. The van der Waals surface area contributed by atoms with Gasteiger partial charge in [0.15, 0.2) is 5.76 Å². The summed E-state index contributed by atoms with van der Waals surface area (Å²) in [7, 11) is 0. The maximum Gasteiger partial charge on any atom is 0.294 e. The van der Waals surface area contributed by atoms with Crippen LogP contribution in [0.2, 0.25) is 0 Å². The van der Waals surface area contributed by atoms with Crippen molar-refractivity contribution in [3.8, 4) is 23.1 Å². The maximum absolute atomic E-state index is 12.0. The fraction of sp³-hybridized carbons (Fsp3) is 0. The number of amides is 1. The second kappa shape index (κ2) is 5.84. The lowest BCUT2D eigenvalue weighted by Crippen LogP contribution is -2.10. The molecule has 0 atom stereocenters. The number of hydrogen-bond acceptors (Lipinski definition) is 7. The lowest BCUT2D eigenvalue weighted by Gasteiger charge is -2.03. The van der Waals surface area contributed by atoms with E-state index in [4.69, 9.17) is 13.4 Å². The van der Waals surface area contributed by atoms with Crippen LogP contribution in [-0.4, -0.2) is 21.3 Å². The van der Waals surface area contributed by atoms with Gasteiger partial charge in [0.2, 0.25) is 11.7 Å². The van der Waals surface area contributed by atoms with Gasteiger partial charge in [0.05, 0.1) is 12.5 Å². The van der Waals surface area contributed by atoms with Gasteiger partial charge in [-0.1, -0.05) is 11.2 Å². The number of aromatic nitrogens is 3. The van der Waals surface area contributed by atoms with Crippen molar-refractivity contribution in [1.29, 1.82) is 0 Å². The van der Waals surface area contributed by atoms with Gasteiger partial charge < -0.3 is 18.7 Å². The molecule has 4 aromatic rings. The summed E-state index contributed by atoms with van der Waals surface area (Å²) in [4.78, 5) is 12.0. The molecule has 0 saturated carbocycles. The van der Waals surface area contributed by atoms with Gasteiger partial charge in [-0.2, -0.15) is 0 Å². The molecule has 8 nitrogen and oxygen atoms in total. The number of anilines is 1. The van der Waals surface area contributed by atoms with E-state index < -0.39 is 5.91 Å². The van der Waals surface area contributed by atoms with E-state index in [1.54, 1.807) is 36.4 Å². The summed E-state index contributed by atoms with van der Waals surface area (Å²) in [5, 5.41) is 14.1. The van der Waals surface area contributed by atoms with E-state index in [2.05, 4.69) is 20.7 Å². The predicted molar refractivity (Wildman–Crippen MR) is 81.9 cm³/mol. The Bertz CT molecular complexity index is 958. The van der Waals surface area contributed by atoms with Crippen molar-refractivity contribution in [2.24, 2.45) is 0 Å². The number of nitrogens with zero attached hydrogens (tertiary/aromatic N) is 3. The Morgan fingerprint density at radius 2 is 1.96 bits per heavy atom. The molecular formula is C16H10N4O4. The van der Waals surface area contributed by atoms with Gasteiger partial charge in [0.1, 0.15) is 0 Å². The summed E-state index contributed by atoms with van der Waals surface area (Å²) >= 11 is 0. The van der Waals surface area contributed by atoms with Crippen LogP contribution in [0.5, 0.6) is 0 Å². The number of carbonyl (C=O) groups excluding carboxylic acids is 1. The highest BCUT2D eigenvalue weighted by Crippen LogP contribution is 2.26. The average Bonchev–Trinajstić information content (AvgIpc) is 3.36. The lowest BCUT2D eigenvalue weighted by atomic mass is 10.2. The van der Waals surface area contributed by atoms with Gasteiger partial charge in [0, 0.05) is 17.3 Å². The van der Waals surface area contributed by atoms with Crippen LogP contribution in [0.3, 0.4) is 0 Å². The number of hydrogen-bond donors (Lipinski definition) is 1. The zero-order valence-electron chi connectivity index (χ0n) is 12.2. The molecule has 1 N–H and O–H groups in total. The highest BCUT2D eigenvalue weighted by atomic mass is 16.5. The molecule has 0 aliphatic heterocycles. The first-order chi connectivity index (χ1) is 11.8. The minimum atomic E-state index is -0.397. The smallest absolute Gasteiger partial charge is 0.294 e. The van der Waals surface area contributed by atoms with Crippen LogP contribution in [0.15, 0.2) is 68.3 Å². The molecule has 3 aromatic heterocycles. The number of rotatable bonds is 4. The Kier molecular flexibility index (Phi) is 3.39. The lowest BCUT2D eigenvalue weighted by molar-refractivity contribution is 0.0988. The van der Waals surface area contributed by atoms with Crippen molar-refractivity contribution >= 4 is 11.6 Å². The first kappa shape index (κ1) is 13.9. The van der Waals surface area contributed by atoms with Gasteiger partial charge in [-0.3, -0.25) is 4.79 Å². The number of furan rings is 1. The summed E-state index contributed by atoms with van der Waals surface area (Å²) in [6, 6.07) is 12.0. The molecule has 24 heavy (non-hydrogen) atoms. The van der Waals surface area contributed by atoms with E-state index in [0.29, 0.717) is 22.9 Å². The number of nitrogens with one attached hydrogen (secondary N) is 1. The molecule has 0 unspecified atom stereocenters. The third-order valence-corrected chi connectivity index (χ3v) is 3.19. The zero-order chi connectivity index (χ0) is 16.4. The predicted octanol–water partition coefficient (Wildman–Crippen LogP) is 3.24. The Morgan fingerprint density at radius 3 is 2.75 bits per heavy atom. The summed E-state index contributed by atoms with van der Waals surface area (Å²) in [6.07, 6.45) is 2.93. The molecular weight excluding hydrogens is 312 g/mol. The second-order valence-electron chi connectivity index (χ2n) is 4.80. The van der Waals surface area contributed by atoms with Crippen molar-refractivity contribution in [2.45, 2.75) is 0 Å². The van der Waals surface area contributed by atoms with Crippen molar-refractivity contribution in [2.75, 3.05) is 5.32 Å². The molecule has 3 heterocycles. The van der Waals surface area contributed by atoms with Gasteiger partial charge in [-0.05, 0) is 30.3 Å². The van der Waals surface area contributed by atoms with Crippen LogP contribution in [0.4, 0.5) is 5.69 Å². The molecule has 0 fully saturated rings. The monoisotopic (exact) mass is 322 g/mol. The third kappa shape index (κ3) is 2.68. The molecule has 0 radical (unpaired) electrons. The van der Waals surface area contributed by atoms with E-state index in [9.17, 15) is 4.79 Å². The Balaban J connectivity index is 1.58. The van der Waals surface area contributed by atoms with Crippen molar-refractivity contribution < 1.29 is 18.2 Å². The zero-order valence-corrected chi connectivity index (χ0v) is 12.2. The summed E-state index contributed by atoms with van der Waals surface area (Å²) in [6.45, 7) is 0. The summed E-state index contributed by atoms with van der Waals surface area (Å²) in [5.41, 5.74) is 1.22. The van der Waals surface area contributed by atoms with E-state index in [1.807, 2.05) is 0 Å². The first-order valence-electron chi connectivity index (χ1n) is 6.99. The topological polar surface area (TPSA) is 107 Å². The molecule has 1 aromatic carbocycles. The number of benzene rings is 1. The van der Waals surface area contributed by atoms with Gasteiger partial charge in [0.25, 0.3) is 11.8 Å². The Hall–Kier alpha value is -3.68. The first-order valence-corrected chi connectivity index (χ1v) is 6.99. The van der Waals surface area contributed by atoms with Gasteiger partial charge >= 0.3 is 0 Å². The molecule has 0 aliphatic rings. The van der Waals surface area contributed by atoms with Crippen LogP contribution in [0.25, 0.3) is 23.1 Å². The van der Waals surface area contributed by atoms with Crippen molar-refractivity contribution in [3.63, 3.8) is 0 Å². The molecule has 118 valence electrons. The average molecular weight is 322 g/mol. The van der Waals surface area contributed by atoms with Crippen LogP contribution >= 0.6 is 0 Å². The highest BCUT2D eigenvalue weighted by molar-refractivity contribution is 6.02. The molecule has 0 saturated heterocycles. The van der Waals surface area contributed by atoms with Crippen LogP contribution in [0.1, 0.15) is 10.6 Å². The fourth-order valence-corrected chi connectivity index (χ4v) is 2.10. The Labute approximate surface area is 135 Å². The summed E-state index contributed by atoms with van der Waals surface area (Å²) < 4.78 is 15.6. The molecule has 8 heteroatoms. The van der Waals surface area contributed by atoms with Crippen LogP contribution in [0, 0.1) is 0 Å². The van der Waals surface area contributed by atoms with Crippen LogP contribution < -0.4 is 5.32 Å². The van der Waals surface area contributed by atoms with Gasteiger partial charge in [-0.25, -0.2) is 0 Å². The minimum Gasteiger partial charge on any atom is -0.459 e. The van der Waals surface area contributed by atoms with E-state index in [0.717, 1.165) is 0 Å². The molecule has 1 amide bonds. The molecule has 4 rings (SSSR count). The Morgan fingerprint density at radius 1 is 1.04 bits per heavy atom. The van der Waals surface area contributed by atoms with Crippen LogP contribution in [-0.2, 0) is 0 Å². The van der Waals surface area contributed by atoms with Crippen molar-refractivity contribution in [3.05, 3.63) is 60.7 Å². The van der Waals surface area contributed by atoms with E-state index in [1.165, 1.54) is 18.5 Å². The van der Waals surface area contributed by atoms with E-state index >= 15 is 0 Å². The standard InChI is InChI=1S/C16H10N4O4/c21-14(12-6-7-17-24-12)18-11-4-1-3-10(9-11)15-19-20-16(23-15)13-5-2-8-22-13/h1-9H,(H,18,21).